The Labute approximate surface area is 78.5 Å². The molecule has 4 heteroatoms. The third-order valence-corrected chi connectivity index (χ3v) is 1.63. The molecule has 2 N–H and O–H groups in total. The van der Waals surface area contributed by atoms with E-state index in [0.29, 0.717) is 12.8 Å². The standard InChI is InChI=1S/C9H18O4/c1-4-8(10)13-7(9(11)12)5-6(2)3/h6-8,10H,4-5H2,1-3H3,(H,11,12). The summed E-state index contributed by atoms with van der Waals surface area (Å²) in [6, 6.07) is 0. The van der Waals surface area contributed by atoms with Crippen LogP contribution in [0.15, 0.2) is 0 Å². The van der Waals surface area contributed by atoms with Crippen LogP contribution in [0, 0.1) is 5.92 Å². The van der Waals surface area contributed by atoms with Crippen molar-refractivity contribution in [3.05, 3.63) is 0 Å². The van der Waals surface area contributed by atoms with E-state index in [9.17, 15) is 4.79 Å². The van der Waals surface area contributed by atoms with Crippen molar-refractivity contribution in [3.63, 3.8) is 0 Å². The van der Waals surface area contributed by atoms with Crippen molar-refractivity contribution in [2.24, 2.45) is 5.92 Å². The zero-order chi connectivity index (χ0) is 10.4. The van der Waals surface area contributed by atoms with Crippen molar-refractivity contribution >= 4 is 5.97 Å². The summed E-state index contributed by atoms with van der Waals surface area (Å²) >= 11 is 0. The molecule has 2 atom stereocenters. The van der Waals surface area contributed by atoms with Crippen LogP contribution in [0.3, 0.4) is 0 Å². The second-order valence-corrected chi connectivity index (χ2v) is 3.46. The van der Waals surface area contributed by atoms with E-state index in [0.717, 1.165) is 0 Å². The van der Waals surface area contributed by atoms with Crippen LogP contribution in [0.1, 0.15) is 33.6 Å². The highest BCUT2D eigenvalue weighted by atomic mass is 16.6. The van der Waals surface area contributed by atoms with E-state index in [2.05, 4.69) is 0 Å². The first-order valence-corrected chi connectivity index (χ1v) is 4.53. The predicted octanol–water partition coefficient (Wildman–Crippen LogP) is 1.23. The Bertz CT molecular complexity index is 156. The summed E-state index contributed by atoms with van der Waals surface area (Å²) in [5.74, 6) is -0.772. The lowest BCUT2D eigenvalue weighted by Gasteiger charge is -2.18. The molecule has 2 unspecified atom stereocenters. The van der Waals surface area contributed by atoms with Gasteiger partial charge in [0.1, 0.15) is 0 Å². The van der Waals surface area contributed by atoms with Gasteiger partial charge in [0.2, 0.25) is 0 Å². The number of aliphatic hydroxyl groups excluding tert-OH is 1. The van der Waals surface area contributed by atoms with Crippen LogP contribution in [-0.4, -0.2) is 28.6 Å². The molecule has 0 aromatic rings. The molecule has 0 heterocycles. The van der Waals surface area contributed by atoms with E-state index in [-0.39, 0.29) is 5.92 Å². The number of ether oxygens (including phenoxy) is 1. The summed E-state index contributed by atoms with van der Waals surface area (Å²) < 4.78 is 4.93. The molecule has 0 aliphatic rings. The summed E-state index contributed by atoms with van der Waals surface area (Å²) in [6.45, 7) is 5.56. The van der Waals surface area contributed by atoms with Crippen molar-refractivity contribution in [1.29, 1.82) is 0 Å². The molecule has 0 fully saturated rings. The maximum absolute atomic E-state index is 10.7. The Morgan fingerprint density at radius 2 is 2.00 bits per heavy atom. The zero-order valence-electron chi connectivity index (χ0n) is 8.36. The molecule has 0 aliphatic heterocycles. The van der Waals surface area contributed by atoms with Crippen LogP contribution in [0.2, 0.25) is 0 Å². The second kappa shape index (κ2) is 5.94. The first kappa shape index (κ1) is 12.4. The molecule has 0 radical (unpaired) electrons. The molecule has 4 nitrogen and oxygen atoms in total. The fraction of sp³-hybridized carbons (Fsp3) is 0.889. The molecule has 0 aromatic heterocycles. The van der Waals surface area contributed by atoms with E-state index in [1.807, 2.05) is 13.8 Å². The van der Waals surface area contributed by atoms with Gasteiger partial charge in [-0.3, -0.25) is 0 Å². The Morgan fingerprint density at radius 3 is 2.31 bits per heavy atom. The second-order valence-electron chi connectivity index (χ2n) is 3.46. The molecule has 78 valence electrons. The molecular weight excluding hydrogens is 172 g/mol. The summed E-state index contributed by atoms with van der Waals surface area (Å²) in [7, 11) is 0. The lowest BCUT2D eigenvalue weighted by molar-refractivity contribution is -0.177. The summed E-state index contributed by atoms with van der Waals surface area (Å²) in [6.07, 6.45) is -1.04. The van der Waals surface area contributed by atoms with Gasteiger partial charge in [0.25, 0.3) is 0 Å². The van der Waals surface area contributed by atoms with Gasteiger partial charge in [-0.05, 0) is 18.8 Å². The number of carboxylic acid groups (broad SMARTS) is 1. The normalized spacial score (nSPS) is 15.8. The topological polar surface area (TPSA) is 66.8 Å². The lowest BCUT2D eigenvalue weighted by atomic mass is 10.1. The number of aliphatic carboxylic acids is 1. The molecule has 0 saturated heterocycles. The zero-order valence-corrected chi connectivity index (χ0v) is 8.36. The van der Waals surface area contributed by atoms with E-state index in [1.165, 1.54) is 0 Å². The van der Waals surface area contributed by atoms with E-state index < -0.39 is 18.4 Å². The largest absolute Gasteiger partial charge is 0.479 e. The molecule has 0 saturated carbocycles. The van der Waals surface area contributed by atoms with Gasteiger partial charge >= 0.3 is 5.97 Å². The maximum atomic E-state index is 10.7. The molecule has 0 rings (SSSR count). The van der Waals surface area contributed by atoms with Crippen LogP contribution < -0.4 is 0 Å². The number of aliphatic hydroxyl groups is 1. The van der Waals surface area contributed by atoms with Crippen molar-refractivity contribution in [1.82, 2.24) is 0 Å². The van der Waals surface area contributed by atoms with Crippen molar-refractivity contribution in [2.45, 2.75) is 46.0 Å². The maximum Gasteiger partial charge on any atom is 0.332 e. The number of carbonyl (C=O) groups is 1. The molecule has 13 heavy (non-hydrogen) atoms. The van der Waals surface area contributed by atoms with Crippen LogP contribution >= 0.6 is 0 Å². The fourth-order valence-electron chi connectivity index (χ4n) is 0.929. The first-order valence-electron chi connectivity index (χ1n) is 4.53. The summed E-state index contributed by atoms with van der Waals surface area (Å²) in [4.78, 5) is 10.7. The SMILES string of the molecule is CCC(O)OC(CC(C)C)C(=O)O. The predicted molar refractivity (Wildman–Crippen MR) is 48.3 cm³/mol. The fourth-order valence-corrected chi connectivity index (χ4v) is 0.929. The summed E-state index contributed by atoms with van der Waals surface area (Å²) in [5, 5.41) is 17.8. The molecule has 0 amide bonds. The van der Waals surface area contributed by atoms with E-state index >= 15 is 0 Å². The minimum absolute atomic E-state index is 0.241. The number of rotatable bonds is 6. The van der Waals surface area contributed by atoms with Gasteiger partial charge in [0.05, 0.1) is 0 Å². The minimum Gasteiger partial charge on any atom is -0.479 e. The lowest BCUT2D eigenvalue weighted by Crippen LogP contribution is -2.30. The molecule has 0 bridgehead atoms. The number of carboxylic acids is 1. The highest BCUT2D eigenvalue weighted by Crippen LogP contribution is 2.11. The molecule has 0 aliphatic carbocycles. The van der Waals surface area contributed by atoms with Gasteiger partial charge in [0, 0.05) is 0 Å². The van der Waals surface area contributed by atoms with Gasteiger partial charge in [-0.15, -0.1) is 0 Å². The molecule has 0 aromatic carbocycles. The average molecular weight is 190 g/mol. The van der Waals surface area contributed by atoms with Crippen molar-refractivity contribution in [2.75, 3.05) is 0 Å². The highest BCUT2D eigenvalue weighted by molar-refractivity contribution is 5.72. The van der Waals surface area contributed by atoms with E-state index in [4.69, 9.17) is 14.9 Å². The van der Waals surface area contributed by atoms with Crippen LogP contribution in [0.5, 0.6) is 0 Å². The quantitative estimate of drug-likeness (QED) is 0.618. The third-order valence-electron chi connectivity index (χ3n) is 1.63. The highest BCUT2D eigenvalue weighted by Gasteiger charge is 2.21. The van der Waals surface area contributed by atoms with Crippen LogP contribution in [0.4, 0.5) is 0 Å². The van der Waals surface area contributed by atoms with Crippen molar-refractivity contribution < 1.29 is 19.7 Å². The Hall–Kier alpha value is -0.610. The van der Waals surface area contributed by atoms with Gasteiger partial charge in [-0.25, -0.2) is 4.79 Å². The van der Waals surface area contributed by atoms with E-state index in [1.54, 1.807) is 6.92 Å². The minimum atomic E-state index is -1.01. The monoisotopic (exact) mass is 190 g/mol. The van der Waals surface area contributed by atoms with Gasteiger partial charge in [-0.1, -0.05) is 20.8 Å². The number of hydrogen-bond acceptors (Lipinski definition) is 3. The van der Waals surface area contributed by atoms with Gasteiger partial charge in [0.15, 0.2) is 12.4 Å². The third kappa shape index (κ3) is 5.60. The Morgan fingerprint density at radius 1 is 1.46 bits per heavy atom. The van der Waals surface area contributed by atoms with Gasteiger partial charge in [-0.2, -0.15) is 0 Å². The summed E-state index contributed by atoms with van der Waals surface area (Å²) in [5.41, 5.74) is 0. The average Bonchev–Trinajstić information content (AvgIpc) is 2.02. The van der Waals surface area contributed by atoms with Gasteiger partial charge < -0.3 is 14.9 Å². The first-order chi connectivity index (χ1) is 5.97. The molecule has 0 spiro atoms. The number of hydrogen-bond donors (Lipinski definition) is 2. The Balaban J connectivity index is 4.02. The van der Waals surface area contributed by atoms with Crippen LogP contribution in [0.25, 0.3) is 0 Å². The smallest absolute Gasteiger partial charge is 0.332 e. The Kier molecular flexibility index (Phi) is 5.66. The van der Waals surface area contributed by atoms with Crippen LogP contribution in [-0.2, 0) is 9.53 Å². The van der Waals surface area contributed by atoms with Crippen molar-refractivity contribution in [3.8, 4) is 0 Å². The molecular formula is C9H18O4.